The first-order valence-electron chi connectivity index (χ1n) is 6.54. The third-order valence-electron chi connectivity index (χ3n) is 2.86. The number of hydrogen-bond donors (Lipinski definition) is 2. The fourth-order valence-electron chi connectivity index (χ4n) is 1.77. The molecule has 0 aromatic rings. The first-order valence-corrected chi connectivity index (χ1v) is 6.54. The number of nitrogens with one attached hydrogen (secondary N) is 1. The van der Waals surface area contributed by atoms with E-state index in [2.05, 4.69) is 5.32 Å². The number of carboxylic acids is 1. The van der Waals surface area contributed by atoms with E-state index in [1.54, 1.807) is 0 Å². The summed E-state index contributed by atoms with van der Waals surface area (Å²) >= 11 is 0. The van der Waals surface area contributed by atoms with Crippen molar-refractivity contribution in [2.45, 2.75) is 45.3 Å². The van der Waals surface area contributed by atoms with Gasteiger partial charge in [-0.1, -0.05) is 0 Å². The highest BCUT2D eigenvalue weighted by molar-refractivity contribution is 5.85. The van der Waals surface area contributed by atoms with Gasteiger partial charge < -0.3 is 19.9 Å². The van der Waals surface area contributed by atoms with Gasteiger partial charge in [-0.3, -0.25) is 4.79 Å². The van der Waals surface area contributed by atoms with Crippen molar-refractivity contribution in [3.05, 3.63) is 0 Å². The second-order valence-corrected chi connectivity index (χ2v) is 5.71. The minimum Gasteiger partial charge on any atom is -0.480 e. The highest BCUT2D eigenvalue weighted by Gasteiger charge is 2.28. The summed E-state index contributed by atoms with van der Waals surface area (Å²) in [6.45, 7) is 6.92. The molecule has 2 N–H and O–H groups in total. The Morgan fingerprint density at radius 1 is 1.47 bits per heavy atom. The molecule has 6 heteroatoms. The number of carbonyl (C=O) groups excluding carboxylic acids is 1. The van der Waals surface area contributed by atoms with Crippen LogP contribution in [0.3, 0.4) is 0 Å². The number of hydrogen-bond acceptors (Lipinski definition) is 4. The van der Waals surface area contributed by atoms with Crippen LogP contribution in [0.2, 0.25) is 0 Å². The van der Waals surface area contributed by atoms with Crippen molar-refractivity contribution in [2.75, 3.05) is 19.8 Å². The van der Waals surface area contributed by atoms with E-state index in [1.165, 1.54) is 0 Å². The standard InChI is InChI=1S/C13H23NO5/c1-13(2,3)19-7-5-10(12(16)17)14-11(15)9-4-6-18-8-9/h9-10H,4-8H2,1-3H3,(H,14,15)(H,16,17). The number of rotatable bonds is 6. The van der Waals surface area contributed by atoms with Crippen LogP contribution in [0.25, 0.3) is 0 Å². The molecule has 2 unspecified atom stereocenters. The average molecular weight is 273 g/mol. The summed E-state index contributed by atoms with van der Waals surface area (Å²) in [6.07, 6.45) is 0.905. The van der Waals surface area contributed by atoms with E-state index in [4.69, 9.17) is 14.6 Å². The fraction of sp³-hybridized carbons (Fsp3) is 0.846. The lowest BCUT2D eigenvalue weighted by Gasteiger charge is -2.22. The molecule has 0 aromatic carbocycles. The van der Waals surface area contributed by atoms with Gasteiger partial charge in [-0.2, -0.15) is 0 Å². The molecule has 0 aliphatic carbocycles. The molecular weight excluding hydrogens is 250 g/mol. The van der Waals surface area contributed by atoms with Crippen LogP contribution >= 0.6 is 0 Å². The van der Waals surface area contributed by atoms with Crippen molar-refractivity contribution in [3.63, 3.8) is 0 Å². The summed E-state index contributed by atoms with van der Waals surface area (Å²) in [5, 5.41) is 11.6. The Kier molecular flexibility index (Phi) is 5.75. The summed E-state index contributed by atoms with van der Waals surface area (Å²) in [4.78, 5) is 22.9. The van der Waals surface area contributed by atoms with E-state index >= 15 is 0 Å². The lowest BCUT2D eigenvalue weighted by Crippen LogP contribution is -2.44. The monoisotopic (exact) mass is 273 g/mol. The van der Waals surface area contributed by atoms with Crippen LogP contribution < -0.4 is 5.32 Å². The number of aliphatic carboxylic acids is 1. The van der Waals surface area contributed by atoms with Gasteiger partial charge in [-0.05, 0) is 27.2 Å². The van der Waals surface area contributed by atoms with Gasteiger partial charge in [0, 0.05) is 19.6 Å². The van der Waals surface area contributed by atoms with Gasteiger partial charge in [0.1, 0.15) is 6.04 Å². The van der Waals surface area contributed by atoms with Gasteiger partial charge >= 0.3 is 5.97 Å². The molecule has 0 spiro atoms. The van der Waals surface area contributed by atoms with Gasteiger partial charge in [0.25, 0.3) is 0 Å². The summed E-state index contributed by atoms with van der Waals surface area (Å²) in [5.41, 5.74) is -0.313. The SMILES string of the molecule is CC(C)(C)OCCC(NC(=O)C1CCOC1)C(=O)O. The number of ether oxygens (including phenoxy) is 2. The van der Waals surface area contributed by atoms with Crippen molar-refractivity contribution in [2.24, 2.45) is 5.92 Å². The van der Waals surface area contributed by atoms with Gasteiger partial charge in [0.2, 0.25) is 5.91 Å². The van der Waals surface area contributed by atoms with Crippen LogP contribution in [-0.4, -0.2) is 48.4 Å². The summed E-state index contributed by atoms with van der Waals surface area (Å²) < 4.78 is 10.6. The predicted octanol–water partition coefficient (Wildman–Crippen LogP) is 0.798. The highest BCUT2D eigenvalue weighted by atomic mass is 16.5. The molecule has 1 heterocycles. The van der Waals surface area contributed by atoms with E-state index in [1.807, 2.05) is 20.8 Å². The second kappa shape index (κ2) is 6.86. The smallest absolute Gasteiger partial charge is 0.326 e. The molecule has 1 rings (SSSR count). The molecule has 1 fully saturated rings. The summed E-state index contributed by atoms with van der Waals surface area (Å²) in [6, 6.07) is -0.907. The van der Waals surface area contributed by atoms with Crippen molar-refractivity contribution < 1.29 is 24.2 Å². The Labute approximate surface area is 113 Å². The van der Waals surface area contributed by atoms with Gasteiger partial charge in [0.05, 0.1) is 18.1 Å². The van der Waals surface area contributed by atoms with E-state index in [0.29, 0.717) is 26.2 Å². The second-order valence-electron chi connectivity index (χ2n) is 5.71. The van der Waals surface area contributed by atoms with Gasteiger partial charge in [-0.25, -0.2) is 4.79 Å². The third kappa shape index (κ3) is 6.02. The normalized spacial score (nSPS) is 21.1. The van der Waals surface area contributed by atoms with E-state index in [0.717, 1.165) is 0 Å². The maximum absolute atomic E-state index is 11.8. The lowest BCUT2D eigenvalue weighted by atomic mass is 10.1. The largest absolute Gasteiger partial charge is 0.480 e. The molecule has 19 heavy (non-hydrogen) atoms. The van der Waals surface area contributed by atoms with Crippen LogP contribution in [0.5, 0.6) is 0 Å². The van der Waals surface area contributed by atoms with E-state index < -0.39 is 12.0 Å². The van der Waals surface area contributed by atoms with Crippen molar-refractivity contribution >= 4 is 11.9 Å². The zero-order valence-corrected chi connectivity index (χ0v) is 11.8. The average Bonchev–Trinajstić information content (AvgIpc) is 2.78. The van der Waals surface area contributed by atoms with Crippen LogP contribution in [0.15, 0.2) is 0 Å². The Bertz CT molecular complexity index is 317. The molecule has 1 aliphatic rings. The quantitative estimate of drug-likeness (QED) is 0.747. The lowest BCUT2D eigenvalue weighted by molar-refractivity contribution is -0.143. The Balaban J connectivity index is 2.39. The summed E-state index contributed by atoms with van der Waals surface area (Å²) in [5.74, 6) is -1.52. The maximum atomic E-state index is 11.8. The van der Waals surface area contributed by atoms with Crippen LogP contribution in [-0.2, 0) is 19.1 Å². The fourth-order valence-corrected chi connectivity index (χ4v) is 1.77. The molecule has 0 saturated carbocycles. The molecule has 0 radical (unpaired) electrons. The Hall–Kier alpha value is -1.14. The number of carbonyl (C=O) groups is 2. The third-order valence-corrected chi connectivity index (χ3v) is 2.86. The van der Waals surface area contributed by atoms with E-state index in [-0.39, 0.29) is 23.8 Å². The molecule has 1 amide bonds. The minimum absolute atomic E-state index is 0.231. The van der Waals surface area contributed by atoms with Gasteiger partial charge in [-0.15, -0.1) is 0 Å². The Morgan fingerprint density at radius 2 is 2.16 bits per heavy atom. The molecule has 0 aromatic heterocycles. The molecule has 6 nitrogen and oxygen atoms in total. The molecule has 2 atom stereocenters. The topological polar surface area (TPSA) is 84.9 Å². The molecular formula is C13H23NO5. The van der Waals surface area contributed by atoms with E-state index in [9.17, 15) is 9.59 Å². The Morgan fingerprint density at radius 3 is 2.63 bits per heavy atom. The molecule has 1 aliphatic heterocycles. The van der Waals surface area contributed by atoms with Crippen molar-refractivity contribution in [1.82, 2.24) is 5.32 Å². The molecule has 110 valence electrons. The first-order chi connectivity index (χ1) is 8.79. The van der Waals surface area contributed by atoms with Crippen molar-refractivity contribution in [3.8, 4) is 0 Å². The summed E-state index contributed by atoms with van der Waals surface area (Å²) in [7, 11) is 0. The zero-order chi connectivity index (χ0) is 14.5. The molecule has 0 bridgehead atoms. The minimum atomic E-state index is -1.04. The predicted molar refractivity (Wildman–Crippen MR) is 68.8 cm³/mol. The molecule has 1 saturated heterocycles. The maximum Gasteiger partial charge on any atom is 0.326 e. The van der Waals surface area contributed by atoms with Gasteiger partial charge in [0.15, 0.2) is 0 Å². The first kappa shape index (κ1) is 15.9. The van der Waals surface area contributed by atoms with Crippen LogP contribution in [0, 0.1) is 5.92 Å². The van der Waals surface area contributed by atoms with Crippen LogP contribution in [0.1, 0.15) is 33.6 Å². The number of amides is 1. The van der Waals surface area contributed by atoms with Crippen molar-refractivity contribution in [1.29, 1.82) is 0 Å². The number of carboxylic acid groups (broad SMARTS) is 1. The highest BCUT2D eigenvalue weighted by Crippen LogP contribution is 2.13. The van der Waals surface area contributed by atoms with Crippen LogP contribution in [0.4, 0.5) is 0 Å². The zero-order valence-electron chi connectivity index (χ0n) is 11.8.